The van der Waals surface area contributed by atoms with Crippen molar-refractivity contribution in [2.75, 3.05) is 0 Å². The summed E-state index contributed by atoms with van der Waals surface area (Å²) in [6, 6.07) is 10.1. The van der Waals surface area contributed by atoms with Gasteiger partial charge in [0.15, 0.2) is 5.78 Å². The van der Waals surface area contributed by atoms with Crippen LogP contribution in [0.25, 0.3) is 0 Å². The summed E-state index contributed by atoms with van der Waals surface area (Å²) in [5, 5.41) is 0. The van der Waals surface area contributed by atoms with Crippen LogP contribution in [-0.2, 0) is 12.6 Å². The van der Waals surface area contributed by atoms with E-state index >= 15 is 0 Å². The van der Waals surface area contributed by atoms with E-state index in [1.54, 1.807) is 18.2 Å². The van der Waals surface area contributed by atoms with Crippen molar-refractivity contribution >= 4 is 21.7 Å². The molecule has 21 heavy (non-hydrogen) atoms. The van der Waals surface area contributed by atoms with E-state index in [-0.39, 0.29) is 12.2 Å². The molecule has 2 aromatic carbocycles. The molecule has 110 valence electrons. The minimum Gasteiger partial charge on any atom is -0.294 e. The van der Waals surface area contributed by atoms with E-state index in [2.05, 4.69) is 15.9 Å². The van der Waals surface area contributed by atoms with Gasteiger partial charge in [0.2, 0.25) is 0 Å². The molecule has 0 amide bonds. The maximum atomic E-state index is 12.6. The van der Waals surface area contributed by atoms with Crippen molar-refractivity contribution < 1.29 is 18.0 Å². The molecule has 0 aliphatic rings. The molecule has 0 atom stereocenters. The Morgan fingerprint density at radius 3 is 2.48 bits per heavy atom. The smallest absolute Gasteiger partial charge is 0.294 e. The normalized spacial score (nSPS) is 11.5. The zero-order chi connectivity index (χ0) is 15.6. The molecular weight excluding hydrogens is 345 g/mol. The number of alkyl halides is 3. The fourth-order valence-corrected chi connectivity index (χ4v) is 2.70. The van der Waals surface area contributed by atoms with Crippen molar-refractivity contribution in [1.82, 2.24) is 0 Å². The van der Waals surface area contributed by atoms with Crippen molar-refractivity contribution in [3.05, 3.63) is 69.2 Å². The molecule has 0 N–H and O–H groups in total. The van der Waals surface area contributed by atoms with Gasteiger partial charge in [-0.3, -0.25) is 4.79 Å². The van der Waals surface area contributed by atoms with Gasteiger partial charge in [-0.15, -0.1) is 0 Å². The zero-order valence-electron chi connectivity index (χ0n) is 11.2. The second kappa shape index (κ2) is 6.02. The summed E-state index contributed by atoms with van der Waals surface area (Å²) < 4.78 is 38.6. The maximum Gasteiger partial charge on any atom is 0.416 e. The summed E-state index contributed by atoms with van der Waals surface area (Å²) in [5.74, 6) is -0.221. The third-order valence-electron chi connectivity index (χ3n) is 3.04. The van der Waals surface area contributed by atoms with Crippen LogP contribution in [-0.4, -0.2) is 5.78 Å². The topological polar surface area (TPSA) is 17.1 Å². The van der Waals surface area contributed by atoms with Crippen LogP contribution >= 0.6 is 15.9 Å². The first-order valence-electron chi connectivity index (χ1n) is 6.23. The summed E-state index contributed by atoms with van der Waals surface area (Å²) in [5.41, 5.74) is 1.08. The molecular formula is C16H12BrF3O. The molecule has 0 saturated heterocycles. The SMILES string of the molecule is Cc1ccc(C(=O)Cc2cccc(C(F)(F)F)c2)c(Br)c1. The first-order valence-corrected chi connectivity index (χ1v) is 7.02. The van der Waals surface area contributed by atoms with Crippen molar-refractivity contribution in [1.29, 1.82) is 0 Å². The Balaban J connectivity index is 2.24. The highest BCUT2D eigenvalue weighted by Crippen LogP contribution is 2.30. The van der Waals surface area contributed by atoms with E-state index in [1.807, 2.05) is 6.92 Å². The molecule has 0 aliphatic heterocycles. The number of aryl methyl sites for hydroxylation is 1. The van der Waals surface area contributed by atoms with Crippen molar-refractivity contribution in [3.63, 3.8) is 0 Å². The van der Waals surface area contributed by atoms with Crippen molar-refractivity contribution in [2.24, 2.45) is 0 Å². The number of carbonyl (C=O) groups is 1. The van der Waals surface area contributed by atoms with Gasteiger partial charge in [0.25, 0.3) is 0 Å². The molecule has 0 aromatic heterocycles. The van der Waals surface area contributed by atoms with E-state index in [0.717, 1.165) is 17.7 Å². The van der Waals surface area contributed by atoms with Crippen LogP contribution in [0.2, 0.25) is 0 Å². The number of hydrogen-bond donors (Lipinski definition) is 0. The lowest BCUT2D eigenvalue weighted by Gasteiger charge is -2.09. The van der Waals surface area contributed by atoms with Crippen LogP contribution in [0.5, 0.6) is 0 Å². The quantitative estimate of drug-likeness (QED) is 0.690. The van der Waals surface area contributed by atoms with Gasteiger partial charge in [0.1, 0.15) is 0 Å². The molecule has 2 rings (SSSR count). The van der Waals surface area contributed by atoms with Gasteiger partial charge in [0, 0.05) is 16.5 Å². The van der Waals surface area contributed by atoms with E-state index in [4.69, 9.17) is 0 Å². The van der Waals surface area contributed by atoms with E-state index < -0.39 is 11.7 Å². The van der Waals surface area contributed by atoms with Crippen LogP contribution in [0.1, 0.15) is 27.0 Å². The summed E-state index contributed by atoms with van der Waals surface area (Å²) in [7, 11) is 0. The van der Waals surface area contributed by atoms with Crippen LogP contribution in [0.15, 0.2) is 46.9 Å². The largest absolute Gasteiger partial charge is 0.416 e. The Hall–Kier alpha value is -1.62. The van der Waals surface area contributed by atoms with E-state index in [0.29, 0.717) is 15.6 Å². The zero-order valence-corrected chi connectivity index (χ0v) is 12.8. The summed E-state index contributed by atoms with van der Waals surface area (Å²) >= 11 is 3.31. The highest BCUT2D eigenvalue weighted by molar-refractivity contribution is 9.10. The van der Waals surface area contributed by atoms with Crippen LogP contribution < -0.4 is 0 Å². The first-order chi connectivity index (χ1) is 9.77. The molecule has 5 heteroatoms. The van der Waals surface area contributed by atoms with Crippen molar-refractivity contribution in [2.45, 2.75) is 19.5 Å². The first kappa shape index (κ1) is 15.8. The molecule has 0 unspecified atom stereocenters. The number of Topliss-reactive ketones (excluding diaryl/α,β-unsaturated/α-hetero) is 1. The number of hydrogen-bond acceptors (Lipinski definition) is 1. The Labute approximate surface area is 128 Å². The molecule has 0 aliphatic carbocycles. The Bertz CT molecular complexity index is 677. The number of rotatable bonds is 3. The Morgan fingerprint density at radius 1 is 1.14 bits per heavy atom. The highest BCUT2D eigenvalue weighted by Gasteiger charge is 2.30. The van der Waals surface area contributed by atoms with Gasteiger partial charge < -0.3 is 0 Å². The molecule has 0 fully saturated rings. The van der Waals surface area contributed by atoms with Gasteiger partial charge in [-0.1, -0.05) is 40.2 Å². The minimum absolute atomic E-state index is 0.0639. The average Bonchev–Trinajstić information content (AvgIpc) is 2.37. The summed E-state index contributed by atoms with van der Waals surface area (Å²) in [6.45, 7) is 1.89. The standard InChI is InChI=1S/C16H12BrF3O/c1-10-5-6-13(14(17)7-10)15(21)9-11-3-2-4-12(8-11)16(18,19)20/h2-8H,9H2,1H3. The summed E-state index contributed by atoms with van der Waals surface area (Å²) in [6.07, 6.45) is -4.46. The maximum absolute atomic E-state index is 12.6. The fraction of sp³-hybridized carbons (Fsp3) is 0.188. The van der Waals surface area contributed by atoms with Crippen LogP contribution in [0.3, 0.4) is 0 Å². The molecule has 0 bridgehead atoms. The lowest BCUT2D eigenvalue weighted by molar-refractivity contribution is -0.137. The summed E-state index contributed by atoms with van der Waals surface area (Å²) in [4.78, 5) is 12.2. The lowest BCUT2D eigenvalue weighted by atomic mass is 10.0. The number of ketones is 1. The average molecular weight is 357 g/mol. The number of benzene rings is 2. The molecule has 0 heterocycles. The molecule has 0 radical (unpaired) electrons. The van der Waals surface area contributed by atoms with Gasteiger partial charge >= 0.3 is 6.18 Å². The van der Waals surface area contributed by atoms with Gasteiger partial charge in [0.05, 0.1) is 5.56 Å². The second-order valence-corrected chi connectivity index (χ2v) is 5.64. The fourth-order valence-electron chi connectivity index (χ4n) is 1.98. The van der Waals surface area contributed by atoms with E-state index in [1.165, 1.54) is 12.1 Å². The second-order valence-electron chi connectivity index (χ2n) is 4.78. The van der Waals surface area contributed by atoms with Gasteiger partial charge in [-0.25, -0.2) is 0 Å². The van der Waals surface area contributed by atoms with E-state index in [9.17, 15) is 18.0 Å². The molecule has 0 spiro atoms. The Morgan fingerprint density at radius 2 is 1.86 bits per heavy atom. The van der Waals surface area contributed by atoms with Crippen LogP contribution in [0.4, 0.5) is 13.2 Å². The predicted octanol–water partition coefficient (Wildman–Crippen LogP) is 5.20. The Kier molecular flexibility index (Phi) is 4.52. The predicted molar refractivity (Wildman–Crippen MR) is 78.4 cm³/mol. The van der Waals surface area contributed by atoms with Gasteiger partial charge in [-0.2, -0.15) is 13.2 Å². The number of carbonyl (C=O) groups excluding carboxylic acids is 1. The van der Waals surface area contributed by atoms with Crippen molar-refractivity contribution in [3.8, 4) is 0 Å². The molecule has 1 nitrogen and oxygen atoms in total. The lowest BCUT2D eigenvalue weighted by Crippen LogP contribution is -2.08. The minimum atomic E-state index is -4.40. The molecule has 0 saturated carbocycles. The third-order valence-corrected chi connectivity index (χ3v) is 3.70. The monoisotopic (exact) mass is 356 g/mol. The number of halogens is 4. The van der Waals surface area contributed by atoms with Crippen LogP contribution in [0, 0.1) is 6.92 Å². The molecule has 2 aromatic rings. The van der Waals surface area contributed by atoms with Gasteiger partial charge in [-0.05, 0) is 36.2 Å². The third kappa shape index (κ3) is 3.94. The highest BCUT2D eigenvalue weighted by atomic mass is 79.9.